The molecule has 1 N–H and O–H groups in total. The second-order valence-corrected chi connectivity index (χ2v) is 5.68. The van der Waals surface area contributed by atoms with Crippen LogP contribution in [0.25, 0.3) is 0 Å². The largest absolute Gasteiger partial charge is 0.492 e. The molecule has 21 heavy (non-hydrogen) atoms. The molecule has 2 aromatic rings. The number of ether oxygens (including phenoxy) is 1. The first-order chi connectivity index (χ1) is 10.3. The predicted octanol–water partition coefficient (Wildman–Crippen LogP) is 3.01. The van der Waals surface area contributed by atoms with E-state index in [1.54, 1.807) is 23.3 Å². The highest BCUT2D eigenvalue weighted by molar-refractivity contribution is 7.09. The van der Waals surface area contributed by atoms with E-state index >= 15 is 0 Å². The molecule has 0 spiro atoms. The molecule has 0 radical (unpaired) electrons. The van der Waals surface area contributed by atoms with Gasteiger partial charge in [0.25, 0.3) is 0 Å². The van der Waals surface area contributed by atoms with E-state index in [2.05, 4.69) is 11.4 Å². The van der Waals surface area contributed by atoms with E-state index < -0.39 is 0 Å². The summed E-state index contributed by atoms with van der Waals surface area (Å²) in [6, 6.07) is 13.6. The topological polar surface area (TPSA) is 41.6 Å². The predicted molar refractivity (Wildman–Crippen MR) is 86.0 cm³/mol. The van der Waals surface area contributed by atoms with Gasteiger partial charge in [-0.15, -0.1) is 11.3 Å². The number of para-hydroxylation sites is 1. The third-order valence-corrected chi connectivity index (χ3v) is 3.95. The van der Waals surface area contributed by atoms with E-state index in [4.69, 9.17) is 4.74 Å². The molecule has 0 saturated heterocycles. The normalized spacial score (nSPS) is 10.1. The molecular formula is C16H20N2O2S. The lowest BCUT2D eigenvalue weighted by Crippen LogP contribution is -2.40. The fourth-order valence-corrected chi connectivity index (χ4v) is 2.51. The van der Waals surface area contributed by atoms with Crippen molar-refractivity contribution in [3.05, 3.63) is 52.7 Å². The van der Waals surface area contributed by atoms with E-state index in [-0.39, 0.29) is 6.03 Å². The molecule has 1 aromatic heterocycles. The number of carbonyl (C=O) groups is 1. The summed E-state index contributed by atoms with van der Waals surface area (Å²) in [5, 5.41) is 4.95. The van der Waals surface area contributed by atoms with Crippen LogP contribution in [0.4, 0.5) is 4.79 Å². The van der Waals surface area contributed by atoms with E-state index in [9.17, 15) is 4.79 Å². The molecule has 4 nitrogen and oxygen atoms in total. The number of amides is 2. The first-order valence-electron chi connectivity index (χ1n) is 6.95. The van der Waals surface area contributed by atoms with E-state index in [1.807, 2.05) is 41.8 Å². The number of thiophene rings is 1. The highest BCUT2D eigenvalue weighted by atomic mass is 32.1. The molecule has 0 saturated carbocycles. The Morgan fingerprint density at radius 1 is 1.24 bits per heavy atom. The number of hydrogen-bond acceptors (Lipinski definition) is 3. The minimum atomic E-state index is -0.0665. The van der Waals surface area contributed by atoms with Gasteiger partial charge in [0.2, 0.25) is 0 Å². The summed E-state index contributed by atoms with van der Waals surface area (Å²) in [5.41, 5.74) is 0. The Kier molecular flexibility index (Phi) is 6.09. The maximum atomic E-state index is 11.9. The molecule has 5 heteroatoms. The van der Waals surface area contributed by atoms with Gasteiger partial charge in [-0.25, -0.2) is 4.79 Å². The maximum absolute atomic E-state index is 11.9. The molecule has 0 aliphatic heterocycles. The number of carbonyl (C=O) groups excluding carboxylic acids is 1. The Morgan fingerprint density at radius 2 is 2.05 bits per heavy atom. The van der Waals surface area contributed by atoms with Gasteiger partial charge >= 0.3 is 6.03 Å². The van der Waals surface area contributed by atoms with Crippen LogP contribution in [0.15, 0.2) is 47.8 Å². The fourth-order valence-electron chi connectivity index (χ4n) is 1.80. The highest BCUT2D eigenvalue weighted by Gasteiger charge is 2.07. The van der Waals surface area contributed by atoms with Crippen molar-refractivity contribution in [1.29, 1.82) is 0 Å². The van der Waals surface area contributed by atoms with Crippen molar-refractivity contribution < 1.29 is 9.53 Å². The average molecular weight is 304 g/mol. The third-order valence-electron chi connectivity index (χ3n) is 3.01. The minimum Gasteiger partial charge on any atom is -0.492 e. The van der Waals surface area contributed by atoms with Crippen molar-refractivity contribution >= 4 is 17.4 Å². The average Bonchev–Trinajstić information content (AvgIpc) is 3.01. The zero-order chi connectivity index (χ0) is 14.9. The number of urea groups is 1. The minimum absolute atomic E-state index is 0.0665. The molecular weight excluding hydrogens is 284 g/mol. The molecule has 0 fully saturated rings. The van der Waals surface area contributed by atoms with Crippen molar-refractivity contribution in [1.82, 2.24) is 10.2 Å². The number of benzene rings is 1. The van der Waals surface area contributed by atoms with Gasteiger partial charge in [-0.05, 0) is 30.0 Å². The van der Waals surface area contributed by atoms with Gasteiger partial charge in [0, 0.05) is 18.5 Å². The van der Waals surface area contributed by atoms with Gasteiger partial charge in [-0.3, -0.25) is 0 Å². The van der Waals surface area contributed by atoms with Crippen molar-refractivity contribution in [2.45, 2.75) is 6.42 Å². The number of nitrogens with one attached hydrogen (secondary N) is 1. The third kappa shape index (κ3) is 5.47. The summed E-state index contributed by atoms with van der Waals surface area (Å²) < 4.78 is 5.57. The summed E-state index contributed by atoms with van der Waals surface area (Å²) in [4.78, 5) is 14.8. The van der Waals surface area contributed by atoms with Gasteiger partial charge in [-0.1, -0.05) is 24.3 Å². The van der Waals surface area contributed by atoms with Crippen LogP contribution in [0, 0.1) is 0 Å². The first-order valence-corrected chi connectivity index (χ1v) is 7.83. The monoisotopic (exact) mass is 304 g/mol. The zero-order valence-corrected chi connectivity index (χ0v) is 12.9. The number of nitrogens with zero attached hydrogens (tertiary/aromatic N) is 1. The lowest BCUT2D eigenvalue weighted by atomic mass is 10.3. The van der Waals surface area contributed by atoms with Gasteiger partial charge < -0.3 is 15.0 Å². The Labute approximate surface area is 129 Å². The van der Waals surface area contributed by atoms with Crippen LogP contribution in [0.2, 0.25) is 0 Å². The second-order valence-electron chi connectivity index (χ2n) is 4.64. The second kappa shape index (κ2) is 8.32. The first kappa shape index (κ1) is 15.4. The van der Waals surface area contributed by atoms with Crippen LogP contribution < -0.4 is 10.1 Å². The quantitative estimate of drug-likeness (QED) is 0.854. The molecule has 0 unspecified atom stereocenters. The summed E-state index contributed by atoms with van der Waals surface area (Å²) in [6.07, 6.45) is 0.873. The van der Waals surface area contributed by atoms with E-state index in [1.165, 1.54) is 4.88 Å². The Morgan fingerprint density at radius 3 is 2.76 bits per heavy atom. The summed E-state index contributed by atoms with van der Waals surface area (Å²) >= 11 is 1.71. The molecule has 0 bridgehead atoms. The fraction of sp³-hybridized carbons (Fsp3) is 0.312. The number of likely N-dealkylation sites (N-methyl/N-ethyl adjacent to an activating group) is 1. The highest BCUT2D eigenvalue weighted by Crippen LogP contribution is 2.09. The van der Waals surface area contributed by atoms with Crippen LogP contribution in [-0.2, 0) is 6.42 Å². The van der Waals surface area contributed by atoms with Crippen LogP contribution in [0.5, 0.6) is 5.75 Å². The van der Waals surface area contributed by atoms with Crippen molar-refractivity contribution in [2.24, 2.45) is 0 Å². The van der Waals surface area contributed by atoms with Crippen molar-refractivity contribution in [3.63, 3.8) is 0 Å². The lowest BCUT2D eigenvalue weighted by Gasteiger charge is -2.18. The molecule has 2 amide bonds. The molecule has 0 aliphatic rings. The van der Waals surface area contributed by atoms with Gasteiger partial charge in [0.1, 0.15) is 12.4 Å². The SMILES string of the molecule is CN(CCOc1ccccc1)C(=O)NCCc1cccs1. The molecule has 112 valence electrons. The Balaban J connectivity index is 1.61. The zero-order valence-electron chi connectivity index (χ0n) is 12.1. The summed E-state index contributed by atoms with van der Waals surface area (Å²) in [5.74, 6) is 0.823. The molecule has 0 aliphatic carbocycles. The van der Waals surface area contributed by atoms with Crippen LogP contribution >= 0.6 is 11.3 Å². The van der Waals surface area contributed by atoms with E-state index in [0.29, 0.717) is 19.7 Å². The lowest BCUT2D eigenvalue weighted by molar-refractivity contribution is 0.195. The Hall–Kier alpha value is -2.01. The maximum Gasteiger partial charge on any atom is 0.317 e. The Bertz CT molecular complexity index is 528. The number of rotatable bonds is 7. The smallest absolute Gasteiger partial charge is 0.317 e. The van der Waals surface area contributed by atoms with Crippen LogP contribution in [0.1, 0.15) is 4.88 Å². The van der Waals surface area contributed by atoms with Crippen molar-refractivity contribution in [2.75, 3.05) is 26.7 Å². The molecule has 2 rings (SSSR count). The molecule has 0 atom stereocenters. The summed E-state index contributed by atoms with van der Waals surface area (Å²) in [7, 11) is 1.77. The van der Waals surface area contributed by atoms with E-state index in [0.717, 1.165) is 12.2 Å². The van der Waals surface area contributed by atoms with Gasteiger partial charge in [-0.2, -0.15) is 0 Å². The molecule has 1 heterocycles. The number of hydrogen-bond donors (Lipinski definition) is 1. The van der Waals surface area contributed by atoms with Gasteiger partial charge in [0.15, 0.2) is 0 Å². The summed E-state index contributed by atoms with van der Waals surface area (Å²) in [6.45, 7) is 1.70. The standard InChI is InChI=1S/C16H20N2O2S/c1-18(11-12-20-14-6-3-2-4-7-14)16(19)17-10-9-15-8-5-13-21-15/h2-8,13H,9-12H2,1H3,(H,17,19). The van der Waals surface area contributed by atoms with Crippen LogP contribution in [-0.4, -0.2) is 37.7 Å². The van der Waals surface area contributed by atoms with Crippen LogP contribution in [0.3, 0.4) is 0 Å². The molecule has 1 aromatic carbocycles. The van der Waals surface area contributed by atoms with Gasteiger partial charge in [0.05, 0.1) is 6.54 Å². The van der Waals surface area contributed by atoms with Crippen molar-refractivity contribution in [3.8, 4) is 5.75 Å².